The molecular formula is C77H74Cl6N24O5. The van der Waals surface area contributed by atoms with Gasteiger partial charge in [-0.1, -0.05) is 165 Å². The summed E-state index contributed by atoms with van der Waals surface area (Å²) in [6.07, 6.45) is 18.1. The number of nitrogens with two attached hydrogens (primary N) is 1. The highest BCUT2D eigenvalue weighted by atomic mass is 35.5. The SMILES string of the molecule is Cc1ccc(-c2nc(C(CC3=NCC=C3)NC(=O)/C=C/c3cc(Cl)ccc3-n3cnnn3)[nH]c2Cl)cc1.Cc1ccc(-c2nc([C@H](CCN)NC(=O)/C=C/c3cc(Cl)ccc3-n3cnnn3)[nH]c2Cl)cc1.Cc1ccc(-c2nc([C@H](CCNC(=O)OC(C)(C)C)NC(=O)/C=C/c3cc(Cl)ccc3-n3cnnn3)[nH]c2Cl)cc1. The summed E-state index contributed by atoms with van der Waals surface area (Å²) < 4.78 is 9.77. The zero-order valence-corrected chi connectivity index (χ0v) is 65.5. The number of benzene rings is 6. The summed E-state index contributed by atoms with van der Waals surface area (Å²) in [6, 6.07) is 37.7. The molecule has 574 valence electrons. The van der Waals surface area contributed by atoms with E-state index in [1.54, 1.807) is 93.6 Å². The number of rotatable bonds is 25. The lowest BCUT2D eigenvalue weighted by Crippen LogP contribution is -2.35. The predicted octanol–water partition coefficient (Wildman–Crippen LogP) is 14.3. The highest BCUT2D eigenvalue weighted by Crippen LogP contribution is 2.33. The summed E-state index contributed by atoms with van der Waals surface area (Å²) in [5.74, 6) is 0.465. The average Bonchev–Trinajstić information content (AvgIpc) is 1.72. The number of nitrogens with zero attached hydrogens (tertiary/aromatic N) is 16. The van der Waals surface area contributed by atoms with Gasteiger partial charge in [0.1, 0.15) is 74.6 Å². The number of halogens is 6. The van der Waals surface area contributed by atoms with Crippen LogP contribution in [-0.4, -0.2) is 145 Å². The average molecular weight is 1630 g/mol. The molecular weight excluding hydrogens is 1550 g/mol. The molecule has 1 aliphatic rings. The molecule has 1 unspecified atom stereocenters. The number of aromatic nitrogens is 18. The van der Waals surface area contributed by atoms with Crippen LogP contribution < -0.4 is 27.0 Å². The van der Waals surface area contributed by atoms with Gasteiger partial charge in [0, 0.05) is 85.4 Å². The molecule has 7 heterocycles. The lowest BCUT2D eigenvalue weighted by atomic mass is 10.1. The molecule has 35 heteroatoms. The van der Waals surface area contributed by atoms with Gasteiger partial charge in [0.2, 0.25) is 17.7 Å². The number of alkyl carbamates (subject to hydrolysis) is 1. The zero-order valence-electron chi connectivity index (χ0n) is 61.0. The van der Waals surface area contributed by atoms with Crippen molar-refractivity contribution in [3.05, 3.63) is 258 Å². The smallest absolute Gasteiger partial charge is 0.407 e. The number of hydrogen-bond donors (Lipinski definition) is 8. The third-order valence-corrected chi connectivity index (χ3v) is 18.2. The van der Waals surface area contributed by atoms with Gasteiger partial charge in [0.15, 0.2) is 0 Å². The van der Waals surface area contributed by atoms with Crippen molar-refractivity contribution in [1.82, 2.24) is 112 Å². The summed E-state index contributed by atoms with van der Waals surface area (Å²) in [6.45, 7) is 12.6. The fourth-order valence-corrected chi connectivity index (χ4v) is 12.5. The Hall–Kier alpha value is -11.8. The molecule has 0 aliphatic carbocycles. The highest BCUT2D eigenvalue weighted by molar-refractivity contribution is 6.33. The molecule has 6 aromatic carbocycles. The van der Waals surface area contributed by atoms with Crippen molar-refractivity contribution >= 4 is 117 Å². The first-order valence-corrected chi connectivity index (χ1v) is 37.0. The standard InChI is InChI=1S/C28H30Cl2N8O3.C26H22Cl2N8O.C23H22Cl2N8O/c1-17-5-7-18(8-6-17)24-25(30)35-26(34-24)21(13-14-31-27(40)41-28(2,3)4)33-23(39)12-9-19-15-20(29)10-11-22(19)38-16-32-36-37-38;1-16-4-6-17(7-5-16)24-25(28)33-26(32-24)21(14-20-3-2-12-29-20)31-23(37)11-8-18-13-19(27)9-10-22(18)36-15-30-34-35-36;1-14-2-4-15(5-3-14)21-22(25)30-23(29-21)18(10-11-26)28-20(34)9-6-16-12-17(24)7-8-19(16)33-13-27-31-32-33/h5-12,15-16,21H,13-14H2,1-4H3,(H,31,40)(H,33,39)(H,34,35);2-11,13,15,21H,12,14H2,1H3,(H,31,37)(H,32,33);2-9,12-13,18H,10-11,26H2,1H3,(H,28,34)(H,29,30)/b12-9+;11-8+;9-6+/t21-;;18-/m0.0/s1. The first-order valence-electron chi connectivity index (χ1n) is 34.8. The third kappa shape index (κ3) is 22.7. The van der Waals surface area contributed by atoms with Crippen molar-refractivity contribution in [3.63, 3.8) is 0 Å². The molecule has 0 saturated carbocycles. The Labute approximate surface area is 672 Å². The Morgan fingerprint density at radius 2 is 0.866 bits per heavy atom. The number of hydrogen-bond acceptors (Lipinski definition) is 19. The van der Waals surface area contributed by atoms with E-state index in [-0.39, 0.29) is 18.4 Å². The molecule has 13 rings (SSSR count). The first-order chi connectivity index (χ1) is 53.9. The number of aliphatic imine (C=N–C) groups is 1. The van der Waals surface area contributed by atoms with Crippen molar-refractivity contribution in [3.8, 4) is 50.8 Å². The van der Waals surface area contributed by atoms with Gasteiger partial charge >= 0.3 is 6.09 Å². The van der Waals surface area contributed by atoms with E-state index < -0.39 is 35.7 Å². The Balaban J connectivity index is 0.000000167. The van der Waals surface area contributed by atoms with E-state index in [9.17, 15) is 19.2 Å². The van der Waals surface area contributed by atoms with Gasteiger partial charge in [-0.2, -0.15) is 14.0 Å². The second kappa shape index (κ2) is 38.2. The van der Waals surface area contributed by atoms with Gasteiger partial charge < -0.3 is 46.7 Å². The fourth-order valence-electron chi connectivity index (χ4n) is 11.2. The van der Waals surface area contributed by atoms with E-state index >= 15 is 0 Å². The predicted molar refractivity (Wildman–Crippen MR) is 432 cm³/mol. The van der Waals surface area contributed by atoms with Gasteiger partial charge in [-0.05, 0) is 171 Å². The van der Waals surface area contributed by atoms with Crippen molar-refractivity contribution in [2.45, 2.75) is 84.5 Å². The Kier molecular flexibility index (Phi) is 27.7. The number of amides is 4. The Morgan fingerprint density at radius 3 is 1.20 bits per heavy atom. The van der Waals surface area contributed by atoms with Gasteiger partial charge in [0.25, 0.3) is 0 Å². The number of carbonyl (C=O) groups excluding carboxylic acids is 4. The van der Waals surface area contributed by atoms with Crippen LogP contribution in [0.5, 0.6) is 0 Å². The molecule has 0 bridgehead atoms. The van der Waals surface area contributed by atoms with E-state index in [2.05, 4.69) is 97.8 Å². The molecule has 4 amide bonds. The van der Waals surface area contributed by atoms with Crippen LogP contribution in [0.25, 0.3) is 69.1 Å². The number of H-pyrrole nitrogens is 3. The van der Waals surface area contributed by atoms with E-state index in [0.717, 1.165) is 39.1 Å². The normalized spacial score (nSPS) is 12.8. The Bertz CT molecular complexity index is 5380. The number of imidazole rings is 3. The third-order valence-electron chi connectivity index (χ3n) is 16.6. The van der Waals surface area contributed by atoms with Crippen LogP contribution in [-0.2, 0) is 19.1 Å². The quantitative estimate of drug-likeness (QED) is 0.0246. The molecule has 0 spiro atoms. The van der Waals surface area contributed by atoms with E-state index in [1.165, 1.54) is 51.3 Å². The van der Waals surface area contributed by atoms with E-state index in [1.807, 2.05) is 106 Å². The highest BCUT2D eigenvalue weighted by Gasteiger charge is 2.26. The minimum Gasteiger partial charge on any atom is -0.444 e. The molecule has 9 N–H and O–H groups in total. The number of aryl methyl sites for hydroxylation is 3. The summed E-state index contributed by atoms with van der Waals surface area (Å²) in [5, 5.41) is 48.0. The van der Waals surface area contributed by atoms with Crippen molar-refractivity contribution in [2.75, 3.05) is 19.6 Å². The summed E-state index contributed by atoms with van der Waals surface area (Å²) in [7, 11) is 0. The number of aromatic amines is 3. The molecule has 29 nitrogen and oxygen atoms in total. The van der Waals surface area contributed by atoms with Crippen LogP contribution in [0.15, 0.2) is 182 Å². The summed E-state index contributed by atoms with van der Waals surface area (Å²) >= 11 is 38.0. The zero-order chi connectivity index (χ0) is 79.4. The minimum absolute atomic E-state index is 0.208. The lowest BCUT2D eigenvalue weighted by Gasteiger charge is -2.20. The first kappa shape index (κ1) is 81.2. The number of nitrogens with one attached hydrogen (secondary N) is 7. The van der Waals surface area contributed by atoms with Gasteiger partial charge in [-0.3, -0.25) is 19.4 Å². The second-order valence-corrected chi connectivity index (χ2v) is 28.7. The maximum absolute atomic E-state index is 13.1. The van der Waals surface area contributed by atoms with Crippen LogP contribution in [0.4, 0.5) is 4.79 Å². The fraction of sp³-hybridized carbons (Fsp3) is 0.208. The second-order valence-electron chi connectivity index (χ2n) is 26.2. The molecule has 0 saturated heterocycles. The molecule has 1 aliphatic heterocycles. The number of tetrazole rings is 3. The minimum atomic E-state index is -0.637. The number of allylic oxidation sites excluding steroid dienone is 1. The van der Waals surface area contributed by atoms with E-state index in [4.69, 9.17) is 85.1 Å². The molecule has 0 fully saturated rings. The molecule has 6 aromatic heterocycles. The molecule has 112 heavy (non-hydrogen) atoms. The topological polar surface area (TPSA) is 381 Å². The van der Waals surface area contributed by atoms with Crippen LogP contribution >= 0.6 is 69.6 Å². The largest absolute Gasteiger partial charge is 0.444 e. The van der Waals surface area contributed by atoms with Gasteiger partial charge in [-0.25, -0.2) is 19.7 Å². The van der Waals surface area contributed by atoms with Gasteiger partial charge in [-0.15, -0.1) is 15.3 Å². The van der Waals surface area contributed by atoms with Crippen LogP contribution in [0.1, 0.15) is 109 Å². The maximum Gasteiger partial charge on any atom is 0.407 e. The van der Waals surface area contributed by atoms with Crippen LogP contribution in [0.2, 0.25) is 30.5 Å². The van der Waals surface area contributed by atoms with Crippen molar-refractivity contribution in [1.29, 1.82) is 0 Å². The molecule has 12 aromatic rings. The van der Waals surface area contributed by atoms with Crippen LogP contribution in [0.3, 0.4) is 0 Å². The monoisotopic (exact) mass is 1620 g/mol. The van der Waals surface area contributed by atoms with Gasteiger partial charge in [0.05, 0.1) is 41.7 Å². The summed E-state index contributed by atoms with van der Waals surface area (Å²) in [4.78, 5) is 78.9. The molecule has 3 atom stereocenters. The Morgan fingerprint density at radius 1 is 0.509 bits per heavy atom. The number of ether oxygens (including phenoxy) is 1. The van der Waals surface area contributed by atoms with Crippen molar-refractivity contribution < 1.29 is 23.9 Å². The van der Waals surface area contributed by atoms with Crippen LogP contribution in [0, 0.1) is 20.8 Å². The number of carbonyl (C=O) groups is 4. The van der Waals surface area contributed by atoms with E-state index in [0.29, 0.717) is 131 Å². The maximum atomic E-state index is 13.1. The van der Waals surface area contributed by atoms with Crippen molar-refractivity contribution in [2.24, 2.45) is 10.7 Å². The molecule has 0 radical (unpaired) electrons. The lowest BCUT2D eigenvalue weighted by molar-refractivity contribution is -0.118. The summed E-state index contributed by atoms with van der Waals surface area (Å²) in [5.41, 5.74) is 17.8.